The molecular weight excluding hydrogens is 354 g/mol. The van der Waals surface area contributed by atoms with Crippen molar-refractivity contribution in [2.75, 3.05) is 11.9 Å². The van der Waals surface area contributed by atoms with Crippen molar-refractivity contribution in [1.82, 2.24) is 0 Å². The van der Waals surface area contributed by atoms with E-state index in [4.69, 9.17) is 9.47 Å². The van der Waals surface area contributed by atoms with Gasteiger partial charge in [0.2, 0.25) is 0 Å². The predicted octanol–water partition coefficient (Wildman–Crippen LogP) is 4.30. The highest BCUT2D eigenvalue weighted by molar-refractivity contribution is 5.98. The largest absolute Gasteiger partial charge is 0.482 e. The molecule has 0 unspecified atom stereocenters. The minimum absolute atomic E-state index is 0.262. The molecule has 5 nitrogen and oxygen atoms in total. The summed E-state index contributed by atoms with van der Waals surface area (Å²) in [5, 5.41) is 2.83. The first kappa shape index (κ1) is 19.2. The van der Waals surface area contributed by atoms with Gasteiger partial charge in [0.15, 0.2) is 12.7 Å². The fourth-order valence-corrected chi connectivity index (χ4v) is 2.64. The van der Waals surface area contributed by atoms with E-state index in [0.29, 0.717) is 11.4 Å². The zero-order valence-corrected chi connectivity index (χ0v) is 15.5. The summed E-state index contributed by atoms with van der Waals surface area (Å²) in [5.41, 5.74) is 2.53. The van der Waals surface area contributed by atoms with Crippen LogP contribution in [-0.2, 0) is 14.3 Å². The molecule has 0 bridgehead atoms. The molecule has 3 aromatic carbocycles. The van der Waals surface area contributed by atoms with Gasteiger partial charge in [-0.2, -0.15) is 0 Å². The lowest BCUT2D eigenvalue weighted by Gasteiger charge is -2.16. The van der Waals surface area contributed by atoms with Gasteiger partial charge in [0.1, 0.15) is 5.75 Å². The highest BCUT2D eigenvalue weighted by Gasteiger charge is 2.19. The third kappa shape index (κ3) is 5.20. The Morgan fingerprint density at radius 2 is 1.46 bits per heavy atom. The Hall–Kier alpha value is -3.60. The normalized spacial score (nSPS) is 11.3. The number of hydrogen-bond donors (Lipinski definition) is 1. The summed E-state index contributed by atoms with van der Waals surface area (Å²) in [4.78, 5) is 24.4. The Kier molecular flexibility index (Phi) is 6.41. The summed E-state index contributed by atoms with van der Waals surface area (Å²) in [7, 11) is 0. The molecule has 0 spiro atoms. The third-order valence-electron chi connectivity index (χ3n) is 4.05. The smallest absolute Gasteiger partial charge is 0.344 e. The molecule has 3 rings (SSSR count). The zero-order valence-electron chi connectivity index (χ0n) is 15.5. The Bertz CT molecular complexity index is 926. The molecule has 142 valence electrons. The number of benzene rings is 3. The molecule has 0 aliphatic carbocycles. The van der Waals surface area contributed by atoms with Crippen molar-refractivity contribution in [1.29, 1.82) is 0 Å². The maximum absolute atomic E-state index is 12.5. The van der Waals surface area contributed by atoms with Crippen molar-refractivity contribution in [3.8, 4) is 16.9 Å². The second-order valence-corrected chi connectivity index (χ2v) is 6.13. The monoisotopic (exact) mass is 375 g/mol. The van der Waals surface area contributed by atoms with Gasteiger partial charge in [-0.3, -0.25) is 4.79 Å². The molecule has 0 saturated heterocycles. The first-order valence-corrected chi connectivity index (χ1v) is 8.96. The van der Waals surface area contributed by atoms with Crippen molar-refractivity contribution in [2.45, 2.75) is 13.0 Å². The van der Waals surface area contributed by atoms with Gasteiger partial charge >= 0.3 is 5.97 Å². The molecule has 0 fully saturated rings. The summed E-state index contributed by atoms with van der Waals surface area (Å²) in [6, 6.07) is 26.2. The van der Waals surface area contributed by atoms with E-state index in [9.17, 15) is 9.59 Å². The second kappa shape index (κ2) is 9.37. The number of ether oxygens (including phenoxy) is 2. The van der Waals surface area contributed by atoms with Gasteiger partial charge in [-0.1, -0.05) is 66.7 Å². The first-order valence-electron chi connectivity index (χ1n) is 8.96. The molecule has 1 N–H and O–H groups in total. The molecule has 0 saturated carbocycles. The minimum Gasteiger partial charge on any atom is -0.482 e. The molecule has 0 radical (unpaired) electrons. The summed E-state index contributed by atoms with van der Waals surface area (Å²) >= 11 is 0. The fourth-order valence-electron chi connectivity index (χ4n) is 2.64. The highest BCUT2D eigenvalue weighted by atomic mass is 16.6. The van der Waals surface area contributed by atoms with Crippen LogP contribution < -0.4 is 10.1 Å². The number of anilines is 1. The molecule has 5 heteroatoms. The topological polar surface area (TPSA) is 64.6 Å². The molecule has 1 atom stereocenters. The van der Waals surface area contributed by atoms with Crippen LogP contribution >= 0.6 is 0 Å². The van der Waals surface area contributed by atoms with Crippen molar-refractivity contribution < 1.29 is 19.1 Å². The highest BCUT2D eigenvalue weighted by Crippen LogP contribution is 2.27. The van der Waals surface area contributed by atoms with Crippen LogP contribution in [-0.4, -0.2) is 24.6 Å². The maximum Gasteiger partial charge on any atom is 0.344 e. The third-order valence-corrected chi connectivity index (χ3v) is 4.05. The van der Waals surface area contributed by atoms with Crippen LogP contribution in [0.15, 0.2) is 84.9 Å². The molecular formula is C23H21NO4. The fraction of sp³-hybridized carbons (Fsp3) is 0.130. The predicted molar refractivity (Wildman–Crippen MR) is 108 cm³/mol. The van der Waals surface area contributed by atoms with E-state index in [-0.39, 0.29) is 6.61 Å². The summed E-state index contributed by atoms with van der Waals surface area (Å²) in [6.07, 6.45) is -0.948. The van der Waals surface area contributed by atoms with Crippen LogP contribution in [0.2, 0.25) is 0 Å². The summed E-state index contributed by atoms with van der Waals surface area (Å²) in [6.45, 7) is 1.27. The quantitative estimate of drug-likeness (QED) is 0.625. The van der Waals surface area contributed by atoms with Crippen LogP contribution in [0.4, 0.5) is 5.69 Å². The average Bonchev–Trinajstić information content (AvgIpc) is 2.74. The first-order chi connectivity index (χ1) is 13.6. The van der Waals surface area contributed by atoms with E-state index in [1.54, 1.807) is 24.3 Å². The van der Waals surface area contributed by atoms with E-state index < -0.39 is 18.0 Å². The SMILES string of the molecule is C[C@@H](OC(=O)COc1ccccc1)C(=O)Nc1ccccc1-c1ccccc1. The van der Waals surface area contributed by atoms with Gasteiger partial charge < -0.3 is 14.8 Å². The zero-order chi connectivity index (χ0) is 19.8. The number of esters is 1. The van der Waals surface area contributed by atoms with E-state index in [2.05, 4.69) is 5.32 Å². The Morgan fingerprint density at radius 3 is 2.18 bits per heavy atom. The van der Waals surface area contributed by atoms with Crippen LogP contribution in [0.5, 0.6) is 5.75 Å². The van der Waals surface area contributed by atoms with E-state index in [1.807, 2.05) is 60.7 Å². The van der Waals surface area contributed by atoms with Gasteiger partial charge in [0.05, 0.1) is 0 Å². The van der Waals surface area contributed by atoms with Crippen molar-refractivity contribution in [3.05, 3.63) is 84.9 Å². The number of amides is 1. The van der Waals surface area contributed by atoms with Crippen LogP contribution in [0.3, 0.4) is 0 Å². The number of carbonyl (C=O) groups is 2. The van der Waals surface area contributed by atoms with Crippen molar-refractivity contribution in [3.63, 3.8) is 0 Å². The lowest BCUT2D eigenvalue weighted by molar-refractivity contribution is -0.155. The van der Waals surface area contributed by atoms with Crippen LogP contribution in [0.1, 0.15) is 6.92 Å². The Morgan fingerprint density at radius 1 is 0.857 bits per heavy atom. The number of carbonyl (C=O) groups excluding carboxylic acids is 2. The number of para-hydroxylation sites is 2. The molecule has 3 aromatic rings. The van der Waals surface area contributed by atoms with E-state index in [0.717, 1.165) is 11.1 Å². The van der Waals surface area contributed by atoms with Crippen LogP contribution in [0, 0.1) is 0 Å². The van der Waals surface area contributed by atoms with E-state index in [1.165, 1.54) is 6.92 Å². The Labute approximate surface area is 163 Å². The van der Waals surface area contributed by atoms with Gasteiger partial charge in [-0.15, -0.1) is 0 Å². The van der Waals surface area contributed by atoms with Gasteiger partial charge in [-0.25, -0.2) is 4.79 Å². The van der Waals surface area contributed by atoms with E-state index >= 15 is 0 Å². The summed E-state index contributed by atoms with van der Waals surface area (Å²) in [5.74, 6) is -0.451. The molecule has 28 heavy (non-hydrogen) atoms. The number of rotatable bonds is 7. The van der Waals surface area contributed by atoms with Crippen molar-refractivity contribution >= 4 is 17.6 Å². The average molecular weight is 375 g/mol. The standard InChI is InChI=1S/C23H21NO4/c1-17(28-22(25)16-27-19-12-6-3-7-13-19)23(26)24-21-15-9-8-14-20(21)18-10-4-2-5-11-18/h2-15,17H,16H2,1H3,(H,24,26)/t17-/m1/s1. The Balaban J connectivity index is 1.58. The molecule has 0 aliphatic heterocycles. The number of hydrogen-bond acceptors (Lipinski definition) is 4. The summed E-state index contributed by atoms with van der Waals surface area (Å²) < 4.78 is 10.5. The van der Waals surface area contributed by atoms with Crippen molar-refractivity contribution in [2.24, 2.45) is 0 Å². The van der Waals surface area contributed by atoms with Crippen LogP contribution in [0.25, 0.3) is 11.1 Å². The maximum atomic E-state index is 12.5. The minimum atomic E-state index is -0.948. The van der Waals surface area contributed by atoms with Gasteiger partial charge in [0, 0.05) is 11.3 Å². The van der Waals surface area contributed by atoms with Gasteiger partial charge in [0.25, 0.3) is 5.91 Å². The number of nitrogens with one attached hydrogen (secondary N) is 1. The second-order valence-electron chi connectivity index (χ2n) is 6.13. The molecule has 0 aromatic heterocycles. The molecule has 1 amide bonds. The van der Waals surface area contributed by atoms with Gasteiger partial charge in [-0.05, 0) is 30.7 Å². The molecule has 0 aliphatic rings. The lowest BCUT2D eigenvalue weighted by atomic mass is 10.0. The lowest BCUT2D eigenvalue weighted by Crippen LogP contribution is -2.31. The molecule has 0 heterocycles.